The third-order valence-corrected chi connectivity index (χ3v) is 2.91. The molecule has 4 nitrogen and oxygen atoms in total. The summed E-state index contributed by atoms with van der Waals surface area (Å²) < 4.78 is 5.28. The van der Waals surface area contributed by atoms with Crippen LogP contribution in [0.25, 0.3) is 0 Å². The molecule has 0 saturated carbocycles. The van der Waals surface area contributed by atoms with Crippen LogP contribution in [-0.4, -0.2) is 38.6 Å². The van der Waals surface area contributed by atoms with E-state index in [0.717, 1.165) is 11.3 Å². The lowest BCUT2D eigenvalue weighted by molar-refractivity contribution is -0.134. The van der Waals surface area contributed by atoms with E-state index in [4.69, 9.17) is 4.74 Å². The molecule has 1 atom stereocenters. The molecule has 0 fully saturated rings. The van der Waals surface area contributed by atoms with Crippen LogP contribution in [0.15, 0.2) is 24.3 Å². The van der Waals surface area contributed by atoms with E-state index in [9.17, 15) is 4.79 Å². The predicted octanol–water partition coefficient (Wildman–Crippen LogP) is 1.51. The van der Waals surface area contributed by atoms with Gasteiger partial charge in [-0.25, -0.2) is 0 Å². The van der Waals surface area contributed by atoms with Crippen LogP contribution >= 0.6 is 0 Å². The summed E-state index contributed by atoms with van der Waals surface area (Å²) in [4.78, 5) is 13.8. The van der Waals surface area contributed by atoms with E-state index < -0.39 is 0 Å². The molecule has 0 aliphatic heterocycles. The fourth-order valence-corrected chi connectivity index (χ4v) is 1.94. The van der Waals surface area contributed by atoms with Gasteiger partial charge in [-0.15, -0.1) is 0 Å². The monoisotopic (exact) mass is 250 g/mol. The molecule has 0 spiro atoms. The number of para-hydroxylation sites is 1. The highest BCUT2D eigenvalue weighted by atomic mass is 16.5. The van der Waals surface area contributed by atoms with Crippen LogP contribution in [0.5, 0.6) is 5.75 Å². The molecule has 0 aliphatic carbocycles. The minimum atomic E-state index is -0.0188. The minimum Gasteiger partial charge on any atom is -0.496 e. The van der Waals surface area contributed by atoms with E-state index in [1.165, 1.54) is 0 Å². The largest absolute Gasteiger partial charge is 0.496 e. The Bertz CT molecular complexity index is 393. The Kier molecular flexibility index (Phi) is 5.65. The number of ether oxygens (including phenoxy) is 1. The first kappa shape index (κ1) is 14.5. The van der Waals surface area contributed by atoms with Gasteiger partial charge < -0.3 is 15.0 Å². The van der Waals surface area contributed by atoms with Crippen molar-refractivity contribution in [3.05, 3.63) is 29.8 Å². The first-order valence-electron chi connectivity index (χ1n) is 6.11. The van der Waals surface area contributed by atoms with Crippen molar-refractivity contribution in [2.75, 3.05) is 27.7 Å². The zero-order valence-corrected chi connectivity index (χ0v) is 11.6. The van der Waals surface area contributed by atoms with E-state index >= 15 is 0 Å². The lowest BCUT2D eigenvalue weighted by atomic mass is 10.1. The summed E-state index contributed by atoms with van der Waals surface area (Å²) in [5, 5.41) is 3.02. The van der Waals surface area contributed by atoms with E-state index in [-0.39, 0.29) is 11.8 Å². The fraction of sp³-hybridized carbons (Fsp3) is 0.500. The second kappa shape index (κ2) is 7.01. The maximum absolute atomic E-state index is 12.1. The number of hydrogen-bond acceptors (Lipinski definition) is 3. The molecular weight excluding hydrogens is 228 g/mol. The zero-order valence-electron chi connectivity index (χ0n) is 11.6. The number of hydrogen-bond donors (Lipinski definition) is 1. The van der Waals surface area contributed by atoms with Crippen molar-refractivity contribution in [1.82, 2.24) is 10.2 Å². The molecule has 1 unspecified atom stereocenters. The van der Waals surface area contributed by atoms with Gasteiger partial charge in [-0.3, -0.25) is 4.79 Å². The van der Waals surface area contributed by atoms with Crippen LogP contribution in [0.3, 0.4) is 0 Å². The second-order valence-electron chi connectivity index (χ2n) is 4.46. The average molecular weight is 250 g/mol. The Hall–Kier alpha value is -1.55. The van der Waals surface area contributed by atoms with Crippen LogP contribution in [0.4, 0.5) is 0 Å². The SMILES string of the molecule is CNCC(C)C(=O)N(C)Cc1ccccc1OC. The summed E-state index contributed by atoms with van der Waals surface area (Å²) in [5.41, 5.74) is 1.02. The highest BCUT2D eigenvalue weighted by Crippen LogP contribution is 2.19. The molecule has 4 heteroatoms. The van der Waals surface area contributed by atoms with Crippen LogP contribution in [0, 0.1) is 5.92 Å². The van der Waals surface area contributed by atoms with Gasteiger partial charge >= 0.3 is 0 Å². The zero-order chi connectivity index (χ0) is 13.5. The van der Waals surface area contributed by atoms with E-state index in [1.54, 1.807) is 12.0 Å². The Labute approximate surface area is 109 Å². The number of carbonyl (C=O) groups excluding carboxylic acids is 1. The molecular formula is C14H22N2O2. The van der Waals surface area contributed by atoms with Crippen molar-refractivity contribution >= 4 is 5.91 Å². The molecule has 0 heterocycles. The summed E-state index contributed by atoms with van der Waals surface area (Å²) in [6, 6.07) is 7.76. The number of amides is 1. The summed E-state index contributed by atoms with van der Waals surface area (Å²) in [5.74, 6) is 0.934. The van der Waals surface area contributed by atoms with Gasteiger partial charge in [0.15, 0.2) is 0 Å². The standard InChI is InChI=1S/C14H22N2O2/c1-11(9-15-2)14(17)16(3)10-12-7-5-6-8-13(12)18-4/h5-8,11,15H,9-10H2,1-4H3. The normalized spacial score (nSPS) is 12.0. The summed E-state index contributed by atoms with van der Waals surface area (Å²) in [7, 11) is 5.31. The Balaban J connectivity index is 2.69. The Morgan fingerprint density at radius 2 is 2.11 bits per heavy atom. The maximum Gasteiger partial charge on any atom is 0.226 e. The van der Waals surface area contributed by atoms with Gasteiger partial charge in [0.1, 0.15) is 5.75 Å². The predicted molar refractivity (Wildman–Crippen MR) is 72.6 cm³/mol. The molecule has 0 bridgehead atoms. The number of nitrogens with zero attached hydrogens (tertiary/aromatic N) is 1. The molecule has 0 radical (unpaired) electrons. The Morgan fingerprint density at radius 3 is 2.72 bits per heavy atom. The minimum absolute atomic E-state index is 0.0188. The van der Waals surface area contributed by atoms with Gasteiger partial charge in [-0.2, -0.15) is 0 Å². The first-order chi connectivity index (χ1) is 8.60. The van der Waals surface area contributed by atoms with Crippen molar-refractivity contribution in [1.29, 1.82) is 0 Å². The van der Waals surface area contributed by atoms with Gasteiger partial charge in [0, 0.05) is 31.6 Å². The van der Waals surface area contributed by atoms with Crippen LogP contribution in [-0.2, 0) is 11.3 Å². The molecule has 18 heavy (non-hydrogen) atoms. The summed E-state index contributed by atoms with van der Waals surface area (Å²) in [6.07, 6.45) is 0. The highest BCUT2D eigenvalue weighted by molar-refractivity contribution is 5.78. The number of rotatable bonds is 6. The van der Waals surface area contributed by atoms with Gasteiger partial charge in [0.05, 0.1) is 7.11 Å². The topological polar surface area (TPSA) is 41.6 Å². The van der Waals surface area contributed by atoms with E-state index in [2.05, 4.69) is 5.32 Å². The Morgan fingerprint density at radius 1 is 1.44 bits per heavy atom. The van der Waals surface area contributed by atoms with E-state index in [0.29, 0.717) is 13.1 Å². The maximum atomic E-state index is 12.1. The molecule has 1 aromatic rings. The molecule has 1 rings (SSSR count). The molecule has 100 valence electrons. The number of methoxy groups -OCH3 is 1. The molecule has 0 saturated heterocycles. The third kappa shape index (κ3) is 3.74. The summed E-state index contributed by atoms with van der Waals surface area (Å²) >= 11 is 0. The molecule has 1 aromatic carbocycles. The quantitative estimate of drug-likeness (QED) is 0.832. The lowest BCUT2D eigenvalue weighted by Crippen LogP contribution is -2.35. The van der Waals surface area contributed by atoms with Gasteiger partial charge in [-0.05, 0) is 13.1 Å². The number of carbonyl (C=O) groups is 1. The molecule has 1 N–H and O–H groups in total. The van der Waals surface area contributed by atoms with Crippen molar-refractivity contribution in [3.63, 3.8) is 0 Å². The first-order valence-corrected chi connectivity index (χ1v) is 6.11. The summed E-state index contributed by atoms with van der Waals surface area (Å²) in [6.45, 7) is 3.18. The fourth-order valence-electron chi connectivity index (χ4n) is 1.94. The van der Waals surface area contributed by atoms with Crippen LogP contribution < -0.4 is 10.1 Å². The highest BCUT2D eigenvalue weighted by Gasteiger charge is 2.17. The molecule has 1 amide bonds. The van der Waals surface area contributed by atoms with Crippen LogP contribution in [0.2, 0.25) is 0 Å². The molecule has 0 aromatic heterocycles. The lowest BCUT2D eigenvalue weighted by Gasteiger charge is -2.22. The number of benzene rings is 1. The smallest absolute Gasteiger partial charge is 0.226 e. The average Bonchev–Trinajstić information content (AvgIpc) is 2.38. The third-order valence-electron chi connectivity index (χ3n) is 2.91. The van der Waals surface area contributed by atoms with Crippen molar-refractivity contribution in [2.24, 2.45) is 5.92 Å². The van der Waals surface area contributed by atoms with Crippen molar-refractivity contribution < 1.29 is 9.53 Å². The molecule has 0 aliphatic rings. The van der Waals surface area contributed by atoms with Gasteiger partial charge in [0.25, 0.3) is 0 Å². The van der Waals surface area contributed by atoms with Crippen molar-refractivity contribution in [2.45, 2.75) is 13.5 Å². The van der Waals surface area contributed by atoms with Crippen LogP contribution in [0.1, 0.15) is 12.5 Å². The number of nitrogens with one attached hydrogen (secondary N) is 1. The van der Waals surface area contributed by atoms with Gasteiger partial charge in [-0.1, -0.05) is 25.1 Å². The van der Waals surface area contributed by atoms with Crippen molar-refractivity contribution in [3.8, 4) is 5.75 Å². The second-order valence-corrected chi connectivity index (χ2v) is 4.46. The van der Waals surface area contributed by atoms with Gasteiger partial charge in [0.2, 0.25) is 5.91 Å². The van der Waals surface area contributed by atoms with E-state index in [1.807, 2.05) is 45.3 Å².